The number of furan rings is 1. The molecule has 0 atom stereocenters. The van der Waals surface area contributed by atoms with Crippen molar-refractivity contribution in [3.8, 4) is 0 Å². The third-order valence-corrected chi connectivity index (χ3v) is 6.74. The Labute approximate surface area is 180 Å². The van der Waals surface area contributed by atoms with Crippen LogP contribution in [-0.4, -0.2) is 19.5 Å². The summed E-state index contributed by atoms with van der Waals surface area (Å²) < 4.78 is 34.6. The molecule has 0 aliphatic rings. The lowest BCUT2D eigenvalue weighted by Gasteiger charge is -2.19. The smallest absolute Gasteiger partial charge is 0.339 e. The number of carboxylic acid groups (broad SMARTS) is 1. The van der Waals surface area contributed by atoms with Crippen molar-refractivity contribution >= 4 is 43.4 Å². The fourth-order valence-corrected chi connectivity index (χ4v) is 4.80. The van der Waals surface area contributed by atoms with Crippen LogP contribution < -0.4 is 4.72 Å². The maximum atomic E-state index is 13.1. The molecule has 31 heavy (non-hydrogen) atoms. The van der Waals surface area contributed by atoms with Gasteiger partial charge in [-0.15, -0.1) is 0 Å². The van der Waals surface area contributed by atoms with Crippen LogP contribution in [0.5, 0.6) is 0 Å². The SMILES string of the molecule is Cc1oc2c(cc(NS(=O)(=O)c3ccc(C(C)(C)C)cc3)c3ccccc32)c1C(=O)O. The first-order chi connectivity index (χ1) is 14.5. The van der Waals surface area contributed by atoms with E-state index in [2.05, 4.69) is 25.5 Å². The van der Waals surface area contributed by atoms with Crippen LogP contribution in [0, 0.1) is 6.92 Å². The first-order valence-electron chi connectivity index (χ1n) is 9.80. The van der Waals surface area contributed by atoms with Crippen LogP contribution in [-0.2, 0) is 15.4 Å². The van der Waals surface area contributed by atoms with E-state index in [9.17, 15) is 18.3 Å². The summed E-state index contributed by atoms with van der Waals surface area (Å²) in [5.74, 6) is -0.858. The summed E-state index contributed by atoms with van der Waals surface area (Å²) in [5, 5.41) is 11.2. The fraction of sp³-hybridized carbons (Fsp3) is 0.208. The molecule has 0 fully saturated rings. The number of rotatable bonds is 4. The number of carbonyl (C=O) groups is 1. The van der Waals surface area contributed by atoms with Crippen LogP contribution in [0.4, 0.5) is 5.69 Å². The average Bonchev–Trinajstić information content (AvgIpc) is 3.03. The zero-order chi connectivity index (χ0) is 22.6. The normalized spacial score (nSPS) is 12.4. The summed E-state index contributed by atoms with van der Waals surface area (Å²) in [7, 11) is -3.89. The lowest BCUT2D eigenvalue weighted by Crippen LogP contribution is -2.15. The van der Waals surface area contributed by atoms with E-state index in [-0.39, 0.29) is 21.6 Å². The highest BCUT2D eigenvalue weighted by molar-refractivity contribution is 7.92. The lowest BCUT2D eigenvalue weighted by atomic mass is 9.87. The van der Waals surface area contributed by atoms with E-state index in [0.717, 1.165) is 5.56 Å². The molecule has 1 heterocycles. The van der Waals surface area contributed by atoms with Crippen LogP contribution in [0.25, 0.3) is 21.7 Å². The van der Waals surface area contributed by atoms with Gasteiger partial charge in [-0.1, -0.05) is 57.2 Å². The molecule has 0 radical (unpaired) electrons. The Morgan fingerprint density at radius 1 is 0.968 bits per heavy atom. The van der Waals surface area contributed by atoms with Crippen molar-refractivity contribution in [3.05, 3.63) is 71.5 Å². The molecule has 0 amide bonds. The highest BCUT2D eigenvalue weighted by Gasteiger charge is 2.23. The maximum absolute atomic E-state index is 13.1. The zero-order valence-electron chi connectivity index (χ0n) is 17.7. The van der Waals surface area contributed by atoms with Gasteiger partial charge in [0.25, 0.3) is 10.0 Å². The standard InChI is InChI=1S/C24H23NO5S/c1-14-21(23(26)27)19-13-20(17-7-5-6-8-18(17)22(19)30-14)25-31(28,29)16-11-9-15(10-12-16)24(2,3)4/h5-13,25H,1-4H3,(H,26,27). The Morgan fingerprint density at radius 3 is 2.16 bits per heavy atom. The molecule has 1 aromatic heterocycles. The zero-order valence-corrected chi connectivity index (χ0v) is 18.5. The maximum Gasteiger partial charge on any atom is 0.339 e. The molecule has 2 N–H and O–H groups in total. The van der Waals surface area contributed by atoms with Gasteiger partial charge in [0.05, 0.1) is 10.6 Å². The highest BCUT2D eigenvalue weighted by Crippen LogP contribution is 2.37. The molecule has 0 saturated carbocycles. The molecule has 7 heteroatoms. The summed E-state index contributed by atoms with van der Waals surface area (Å²) in [6.45, 7) is 7.76. The molecule has 0 bridgehead atoms. The number of anilines is 1. The van der Waals surface area contributed by atoms with Crippen molar-refractivity contribution in [2.75, 3.05) is 4.72 Å². The second kappa shape index (κ2) is 7.13. The average molecular weight is 438 g/mol. The van der Waals surface area contributed by atoms with Crippen molar-refractivity contribution < 1.29 is 22.7 Å². The van der Waals surface area contributed by atoms with Gasteiger partial charge in [0.2, 0.25) is 0 Å². The number of aromatic carboxylic acids is 1. The Morgan fingerprint density at radius 2 is 1.58 bits per heavy atom. The largest absolute Gasteiger partial charge is 0.478 e. The van der Waals surface area contributed by atoms with Gasteiger partial charge in [0.15, 0.2) is 0 Å². The van der Waals surface area contributed by atoms with Crippen molar-refractivity contribution in [3.63, 3.8) is 0 Å². The Kier molecular flexibility index (Phi) is 4.81. The van der Waals surface area contributed by atoms with Crippen LogP contribution in [0.2, 0.25) is 0 Å². The predicted molar refractivity (Wildman–Crippen MR) is 121 cm³/mol. The Balaban J connectivity index is 1.87. The van der Waals surface area contributed by atoms with Gasteiger partial charge in [0, 0.05) is 16.2 Å². The third kappa shape index (κ3) is 3.65. The quantitative estimate of drug-likeness (QED) is 0.427. The topological polar surface area (TPSA) is 96.6 Å². The predicted octanol–water partition coefficient (Wildman–Crippen LogP) is 5.69. The molecule has 0 unspecified atom stereocenters. The van der Waals surface area contributed by atoms with Gasteiger partial charge in [0.1, 0.15) is 16.9 Å². The molecule has 0 aliphatic carbocycles. The summed E-state index contributed by atoms with van der Waals surface area (Å²) in [5.41, 5.74) is 1.67. The van der Waals surface area contributed by atoms with E-state index in [4.69, 9.17) is 4.42 Å². The van der Waals surface area contributed by atoms with Gasteiger partial charge in [-0.25, -0.2) is 13.2 Å². The van der Waals surface area contributed by atoms with Crippen LogP contribution >= 0.6 is 0 Å². The number of carboxylic acids is 1. The Bertz CT molecular complexity index is 1430. The molecule has 160 valence electrons. The second-order valence-electron chi connectivity index (χ2n) is 8.56. The first-order valence-corrected chi connectivity index (χ1v) is 11.3. The summed E-state index contributed by atoms with van der Waals surface area (Å²) in [4.78, 5) is 11.9. The Hall–Kier alpha value is -3.32. The van der Waals surface area contributed by atoms with Crippen LogP contribution in [0.1, 0.15) is 42.5 Å². The minimum Gasteiger partial charge on any atom is -0.478 e. The molecule has 0 saturated heterocycles. The molecule has 4 rings (SSSR count). The number of fused-ring (bicyclic) bond motifs is 3. The van der Waals surface area contributed by atoms with Gasteiger partial charge in [-0.3, -0.25) is 4.72 Å². The van der Waals surface area contributed by atoms with E-state index in [1.165, 1.54) is 6.07 Å². The molecule has 6 nitrogen and oxygen atoms in total. The molecular formula is C24H23NO5S. The minimum absolute atomic E-state index is 0.0238. The van der Waals surface area contributed by atoms with Gasteiger partial charge in [-0.05, 0) is 36.1 Å². The van der Waals surface area contributed by atoms with Gasteiger partial charge < -0.3 is 9.52 Å². The van der Waals surface area contributed by atoms with E-state index in [0.29, 0.717) is 27.4 Å². The van der Waals surface area contributed by atoms with E-state index >= 15 is 0 Å². The van der Waals surface area contributed by atoms with Crippen LogP contribution in [0.3, 0.4) is 0 Å². The fourth-order valence-electron chi connectivity index (χ4n) is 3.73. The third-order valence-electron chi connectivity index (χ3n) is 5.36. The van der Waals surface area contributed by atoms with E-state index in [1.807, 2.05) is 0 Å². The summed E-state index contributed by atoms with van der Waals surface area (Å²) in [6, 6.07) is 15.4. The second-order valence-corrected chi connectivity index (χ2v) is 10.2. The number of sulfonamides is 1. The number of nitrogens with one attached hydrogen (secondary N) is 1. The number of benzene rings is 3. The van der Waals surface area contributed by atoms with Crippen molar-refractivity contribution in [2.45, 2.75) is 38.0 Å². The highest BCUT2D eigenvalue weighted by atomic mass is 32.2. The summed E-state index contributed by atoms with van der Waals surface area (Å²) in [6.07, 6.45) is 0. The van der Waals surface area contributed by atoms with Gasteiger partial charge in [-0.2, -0.15) is 0 Å². The monoisotopic (exact) mass is 437 g/mol. The number of hydrogen-bond acceptors (Lipinski definition) is 4. The lowest BCUT2D eigenvalue weighted by molar-refractivity contribution is 0.0697. The van der Waals surface area contributed by atoms with Crippen LogP contribution in [0.15, 0.2) is 63.9 Å². The first kappa shape index (κ1) is 20.9. The summed E-state index contributed by atoms with van der Waals surface area (Å²) >= 11 is 0. The molecule has 3 aromatic carbocycles. The van der Waals surface area contributed by atoms with Crippen molar-refractivity contribution in [2.24, 2.45) is 0 Å². The molecule has 0 spiro atoms. The molecule has 0 aliphatic heterocycles. The molecule has 4 aromatic rings. The number of hydrogen-bond donors (Lipinski definition) is 2. The van der Waals surface area contributed by atoms with Crippen molar-refractivity contribution in [1.82, 2.24) is 0 Å². The van der Waals surface area contributed by atoms with E-state index in [1.54, 1.807) is 55.5 Å². The van der Waals surface area contributed by atoms with Crippen molar-refractivity contribution in [1.29, 1.82) is 0 Å². The molecular weight excluding hydrogens is 414 g/mol. The van der Waals surface area contributed by atoms with Gasteiger partial charge >= 0.3 is 5.97 Å². The number of aryl methyl sites for hydroxylation is 1. The van der Waals surface area contributed by atoms with E-state index < -0.39 is 16.0 Å². The minimum atomic E-state index is -3.89.